The first-order valence-electron chi connectivity index (χ1n) is 10.1. The summed E-state index contributed by atoms with van der Waals surface area (Å²) in [5.74, 6) is 6.73. The van der Waals surface area contributed by atoms with Crippen molar-refractivity contribution in [2.24, 2.45) is 0 Å². The van der Waals surface area contributed by atoms with Gasteiger partial charge in [0, 0.05) is 29.9 Å². The Morgan fingerprint density at radius 3 is 2.76 bits per heavy atom. The molecule has 2 aromatic heterocycles. The molecule has 0 bridgehead atoms. The SMILES string of the molecule is CC(C)(O)C#Cc1ccc(CNC2CCCc3c2cnn3-c2ccccn2)cc1. The highest BCUT2D eigenvalue weighted by atomic mass is 16.3. The molecule has 0 saturated heterocycles. The number of aliphatic hydroxyl groups is 1. The Morgan fingerprint density at radius 2 is 2.03 bits per heavy atom. The van der Waals surface area contributed by atoms with Gasteiger partial charge in [-0.05, 0) is 62.9 Å². The van der Waals surface area contributed by atoms with Crippen LogP contribution in [0, 0.1) is 11.8 Å². The largest absolute Gasteiger partial charge is 0.378 e. The predicted molar refractivity (Wildman–Crippen MR) is 113 cm³/mol. The van der Waals surface area contributed by atoms with Gasteiger partial charge in [-0.3, -0.25) is 0 Å². The van der Waals surface area contributed by atoms with Crippen LogP contribution in [0.4, 0.5) is 0 Å². The first-order chi connectivity index (χ1) is 14.0. The molecule has 0 aliphatic heterocycles. The van der Waals surface area contributed by atoms with Gasteiger partial charge in [-0.15, -0.1) is 0 Å². The van der Waals surface area contributed by atoms with Crippen LogP contribution in [0.25, 0.3) is 5.82 Å². The van der Waals surface area contributed by atoms with Crippen LogP contribution in [-0.4, -0.2) is 25.5 Å². The molecule has 2 heterocycles. The van der Waals surface area contributed by atoms with Crippen molar-refractivity contribution in [2.45, 2.75) is 51.3 Å². The maximum atomic E-state index is 9.72. The molecule has 0 radical (unpaired) electrons. The standard InChI is InChI=1S/C24H26N4O/c1-24(2,29)14-13-18-9-11-19(12-10-18)16-26-21-6-5-7-22-20(21)17-27-28(22)23-8-3-4-15-25-23/h3-4,8-12,15,17,21,26,29H,5-7,16H2,1-2H3. The van der Waals surface area contributed by atoms with E-state index in [4.69, 9.17) is 0 Å². The van der Waals surface area contributed by atoms with E-state index < -0.39 is 5.60 Å². The second kappa shape index (κ2) is 8.20. The van der Waals surface area contributed by atoms with Crippen molar-refractivity contribution in [1.82, 2.24) is 20.1 Å². The average Bonchev–Trinajstić information content (AvgIpc) is 3.16. The lowest BCUT2D eigenvalue weighted by atomic mass is 9.92. The third-order valence-corrected chi connectivity index (χ3v) is 5.07. The zero-order valence-corrected chi connectivity index (χ0v) is 16.9. The van der Waals surface area contributed by atoms with E-state index in [9.17, 15) is 5.11 Å². The Balaban J connectivity index is 1.44. The fourth-order valence-corrected chi connectivity index (χ4v) is 3.62. The van der Waals surface area contributed by atoms with E-state index in [1.165, 1.54) is 16.8 Å². The van der Waals surface area contributed by atoms with E-state index in [2.05, 4.69) is 39.4 Å². The molecule has 2 N–H and O–H groups in total. The van der Waals surface area contributed by atoms with E-state index in [-0.39, 0.29) is 0 Å². The molecular weight excluding hydrogens is 360 g/mol. The van der Waals surface area contributed by atoms with Crippen LogP contribution in [-0.2, 0) is 13.0 Å². The zero-order valence-electron chi connectivity index (χ0n) is 16.9. The highest BCUT2D eigenvalue weighted by Gasteiger charge is 2.24. The van der Waals surface area contributed by atoms with Crippen molar-refractivity contribution >= 4 is 0 Å². The number of pyridine rings is 1. The van der Waals surface area contributed by atoms with E-state index in [1.54, 1.807) is 20.0 Å². The smallest absolute Gasteiger partial charge is 0.153 e. The second-order valence-corrected chi connectivity index (χ2v) is 7.98. The molecule has 0 spiro atoms. The summed E-state index contributed by atoms with van der Waals surface area (Å²) in [6.45, 7) is 4.16. The second-order valence-electron chi connectivity index (χ2n) is 7.98. The predicted octanol–water partition coefficient (Wildman–Crippen LogP) is 3.56. The number of hydrogen-bond acceptors (Lipinski definition) is 4. The minimum atomic E-state index is -0.974. The van der Waals surface area contributed by atoms with Crippen LogP contribution in [0.2, 0.25) is 0 Å². The van der Waals surface area contributed by atoms with Crippen LogP contribution >= 0.6 is 0 Å². The summed E-state index contributed by atoms with van der Waals surface area (Å²) < 4.78 is 1.97. The summed E-state index contributed by atoms with van der Waals surface area (Å²) in [6, 6.07) is 14.4. The van der Waals surface area contributed by atoms with Crippen molar-refractivity contribution in [1.29, 1.82) is 0 Å². The van der Waals surface area contributed by atoms with E-state index in [0.717, 1.165) is 37.2 Å². The number of fused-ring (bicyclic) bond motifs is 1. The normalized spacial score (nSPS) is 16.0. The van der Waals surface area contributed by atoms with Gasteiger partial charge in [0.1, 0.15) is 5.60 Å². The average molecular weight is 386 g/mol. The van der Waals surface area contributed by atoms with Gasteiger partial charge >= 0.3 is 0 Å². The topological polar surface area (TPSA) is 63.0 Å². The molecule has 0 fully saturated rings. The van der Waals surface area contributed by atoms with Crippen LogP contribution < -0.4 is 5.32 Å². The van der Waals surface area contributed by atoms with Gasteiger partial charge in [0.15, 0.2) is 5.82 Å². The Labute approximate surface area is 171 Å². The molecule has 0 amide bonds. The summed E-state index contributed by atoms with van der Waals surface area (Å²) in [7, 11) is 0. The minimum Gasteiger partial charge on any atom is -0.378 e. The molecule has 1 aliphatic rings. The van der Waals surface area contributed by atoms with Crippen molar-refractivity contribution in [3.8, 4) is 17.7 Å². The van der Waals surface area contributed by atoms with Gasteiger partial charge in [-0.2, -0.15) is 5.10 Å². The number of benzene rings is 1. The van der Waals surface area contributed by atoms with E-state index in [1.807, 2.05) is 41.2 Å². The molecule has 5 nitrogen and oxygen atoms in total. The lowest BCUT2D eigenvalue weighted by molar-refractivity contribution is 0.143. The summed E-state index contributed by atoms with van der Waals surface area (Å²) in [5.41, 5.74) is 3.67. The maximum Gasteiger partial charge on any atom is 0.153 e. The van der Waals surface area contributed by atoms with E-state index in [0.29, 0.717) is 6.04 Å². The molecule has 1 atom stereocenters. The van der Waals surface area contributed by atoms with Crippen molar-refractivity contribution < 1.29 is 5.11 Å². The van der Waals surface area contributed by atoms with Crippen molar-refractivity contribution in [3.05, 3.63) is 77.2 Å². The van der Waals surface area contributed by atoms with Crippen molar-refractivity contribution in [3.63, 3.8) is 0 Å². The molecule has 148 valence electrons. The van der Waals surface area contributed by atoms with Gasteiger partial charge in [0.25, 0.3) is 0 Å². The molecule has 1 aliphatic carbocycles. The number of nitrogens with zero attached hydrogens (tertiary/aromatic N) is 3. The Kier molecular flexibility index (Phi) is 5.48. The molecule has 0 saturated carbocycles. The fraction of sp³-hybridized carbons (Fsp3) is 0.333. The lowest BCUT2D eigenvalue weighted by Gasteiger charge is -2.24. The summed E-state index contributed by atoms with van der Waals surface area (Å²) >= 11 is 0. The van der Waals surface area contributed by atoms with Gasteiger partial charge in [0.05, 0.1) is 11.9 Å². The maximum absolute atomic E-state index is 9.72. The summed E-state index contributed by atoms with van der Waals surface area (Å²) in [4.78, 5) is 4.44. The summed E-state index contributed by atoms with van der Waals surface area (Å²) in [5, 5.41) is 18.0. The van der Waals surface area contributed by atoms with Gasteiger partial charge < -0.3 is 10.4 Å². The minimum absolute atomic E-state index is 0.297. The van der Waals surface area contributed by atoms with Crippen LogP contribution in [0.3, 0.4) is 0 Å². The highest BCUT2D eigenvalue weighted by Crippen LogP contribution is 2.31. The van der Waals surface area contributed by atoms with Gasteiger partial charge in [0.2, 0.25) is 0 Å². The first kappa shape index (κ1) is 19.4. The van der Waals surface area contributed by atoms with Gasteiger partial charge in [-0.1, -0.05) is 30.0 Å². The molecule has 5 heteroatoms. The van der Waals surface area contributed by atoms with Gasteiger partial charge in [-0.25, -0.2) is 9.67 Å². The third-order valence-electron chi connectivity index (χ3n) is 5.07. The monoisotopic (exact) mass is 386 g/mol. The zero-order chi connectivity index (χ0) is 20.3. The van der Waals surface area contributed by atoms with Crippen LogP contribution in [0.5, 0.6) is 0 Å². The molecule has 1 aromatic carbocycles. The number of hydrogen-bond donors (Lipinski definition) is 2. The van der Waals surface area contributed by atoms with E-state index >= 15 is 0 Å². The third kappa shape index (κ3) is 4.73. The van der Waals surface area contributed by atoms with Crippen molar-refractivity contribution in [2.75, 3.05) is 0 Å². The molecule has 3 aromatic rings. The quantitative estimate of drug-likeness (QED) is 0.673. The molecule has 1 unspecified atom stereocenters. The number of nitrogens with one attached hydrogen (secondary N) is 1. The molecular formula is C24H26N4O. The summed E-state index contributed by atoms with van der Waals surface area (Å²) in [6.07, 6.45) is 7.05. The molecule has 4 rings (SSSR count). The Morgan fingerprint density at radius 1 is 1.21 bits per heavy atom. The van der Waals surface area contributed by atoms with Crippen LogP contribution in [0.1, 0.15) is 55.1 Å². The highest BCUT2D eigenvalue weighted by molar-refractivity contribution is 5.38. The number of rotatable bonds is 4. The lowest BCUT2D eigenvalue weighted by Crippen LogP contribution is -2.25. The fourth-order valence-electron chi connectivity index (χ4n) is 3.62. The molecule has 29 heavy (non-hydrogen) atoms. The Hall–Kier alpha value is -2.94. The number of aromatic nitrogens is 3. The first-order valence-corrected chi connectivity index (χ1v) is 10.1. The van der Waals surface area contributed by atoms with Crippen LogP contribution in [0.15, 0.2) is 54.9 Å². The Bertz CT molecular complexity index is 1020.